The van der Waals surface area contributed by atoms with Crippen LogP contribution in [0.25, 0.3) is 0 Å². The third-order valence-electron chi connectivity index (χ3n) is 2.89. The number of hydrogen-bond donors (Lipinski definition) is 0. The normalized spacial score (nSPS) is 19.9. The van der Waals surface area contributed by atoms with Gasteiger partial charge in [0.1, 0.15) is 0 Å². The molecule has 0 spiro atoms. The van der Waals surface area contributed by atoms with Gasteiger partial charge < -0.3 is 9.80 Å². The monoisotopic (exact) mass is 216 g/mol. The summed E-state index contributed by atoms with van der Waals surface area (Å²) in [4.78, 5) is 5.09. The van der Waals surface area contributed by atoms with E-state index in [2.05, 4.69) is 23.5 Å². The van der Waals surface area contributed by atoms with E-state index in [1.54, 1.807) is 0 Å². The van der Waals surface area contributed by atoms with Gasteiger partial charge in [-0.25, -0.2) is 0 Å². The Morgan fingerprint density at radius 2 is 1.93 bits per heavy atom. The summed E-state index contributed by atoms with van der Waals surface area (Å²) < 4.78 is 0. The summed E-state index contributed by atoms with van der Waals surface area (Å²) in [6.07, 6.45) is 6.92. The number of piperidine rings is 1. The van der Waals surface area contributed by atoms with Gasteiger partial charge in [0.05, 0.1) is 0 Å². The molecule has 1 aliphatic heterocycles. The second-order valence-electron chi connectivity index (χ2n) is 4.35. The van der Waals surface area contributed by atoms with Crippen molar-refractivity contribution in [2.45, 2.75) is 25.7 Å². The lowest BCUT2D eigenvalue weighted by atomic mass is 10.1. The Hall–Kier alpha value is 0.350. The Labute approximate surface area is 90.8 Å². The molecule has 0 N–H and O–H groups in total. The van der Waals surface area contributed by atoms with Gasteiger partial charge in [0.25, 0.3) is 0 Å². The van der Waals surface area contributed by atoms with Gasteiger partial charge in [-0.1, -0.05) is 6.42 Å². The summed E-state index contributed by atoms with van der Waals surface area (Å²) in [6, 6.07) is 0. The average Bonchev–Trinajstić information content (AvgIpc) is 2.20. The zero-order valence-corrected chi connectivity index (χ0v) is 10.8. The van der Waals surface area contributed by atoms with Crippen LogP contribution in [0.3, 0.4) is 0 Å². The van der Waals surface area contributed by atoms with Gasteiger partial charge in [-0.3, -0.25) is 0 Å². The Kier molecular flexibility index (Phi) is 6.76. The van der Waals surface area contributed by atoms with E-state index in [1.165, 1.54) is 58.1 Å². The smallest absolute Gasteiger partial charge is 0.0149 e. The lowest BCUT2D eigenvalue weighted by molar-refractivity contribution is 0.216. The van der Waals surface area contributed by atoms with Crippen LogP contribution in [0.15, 0.2) is 0 Å². The highest BCUT2D eigenvalue weighted by atomic mass is 31.1. The van der Waals surface area contributed by atoms with Crippen LogP contribution in [0.1, 0.15) is 25.7 Å². The highest BCUT2D eigenvalue weighted by molar-refractivity contribution is 7.36. The first kappa shape index (κ1) is 12.4. The van der Waals surface area contributed by atoms with Gasteiger partial charge in [0.15, 0.2) is 0 Å². The van der Waals surface area contributed by atoms with Gasteiger partial charge in [-0.15, -0.1) is 8.58 Å². The molecule has 84 valence electrons. The maximum atomic E-state index is 2.63. The SMILES string of the molecule is CPCN(C)CCCN1CCCCC1. The van der Waals surface area contributed by atoms with E-state index in [9.17, 15) is 0 Å². The van der Waals surface area contributed by atoms with Crippen molar-refractivity contribution in [2.75, 3.05) is 46.2 Å². The molecular weight excluding hydrogens is 191 g/mol. The van der Waals surface area contributed by atoms with Crippen molar-refractivity contribution in [2.24, 2.45) is 0 Å². The highest BCUT2D eigenvalue weighted by Gasteiger charge is 2.09. The van der Waals surface area contributed by atoms with Crippen molar-refractivity contribution in [1.29, 1.82) is 0 Å². The van der Waals surface area contributed by atoms with Crippen molar-refractivity contribution in [3.63, 3.8) is 0 Å². The molecule has 0 radical (unpaired) electrons. The van der Waals surface area contributed by atoms with Crippen molar-refractivity contribution in [3.8, 4) is 0 Å². The maximum Gasteiger partial charge on any atom is 0.0149 e. The first-order chi connectivity index (χ1) is 6.83. The molecule has 1 fully saturated rings. The molecule has 0 amide bonds. The first-order valence-corrected chi connectivity index (χ1v) is 7.59. The average molecular weight is 216 g/mol. The van der Waals surface area contributed by atoms with E-state index in [-0.39, 0.29) is 0 Å². The topological polar surface area (TPSA) is 6.48 Å². The zero-order chi connectivity index (χ0) is 10.2. The fourth-order valence-corrected chi connectivity index (χ4v) is 2.79. The van der Waals surface area contributed by atoms with Crippen LogP contribution in [0, 0.1) is 0 Å². The second kappa shape index (κ2) is 7.62. The maximum absolute atomic E-state index is 2.63. The lowest BCUT2D eigenvalue weighted by Gasteiger charge is -2.27. The van der Waals surface area contributed by atoms with Crippen LogP contribution in [-0.4, -0.2) is 56.0 Å². The van der Waals surface area contributed by atoms with Crippen molar-refractivity contribution in [3.05, 3.63) is 0 Å². The largest absolute Gasteiger partial charge is 0.303 e. The molecule has 0 aromatic heterocycles. The molecule has 1 rings (SSSR count). The fourth-order valence-electron chi connectivity index (χ4n) is 2.10. The molecule has 1 heterocycles. The molecule has 0 aromatic carbocycles. The predicted molar refractivity (Wildman–Crippen MR) is 66.6 cm³/mol. The molecule has 0 aliphatic carbocycles. The van der Waals surface area contributed by atoms with Crippen LogP contribution in [-0.2, 0) is 0 Å². The Bertz CT molecular complexity index is 135. The molecule has 2 nitrogen and oxygen atoms in total. The van der Waals surface area contributed by atoms with E-state index < -0.39 is 0 Å². The van der Waals surface area contributed by atoms with E-state index in [4.69, 9.17) is 0 Å². The van der Waals surface area contributed by atoms with E-state index in [0.717, 1.165) is 8.58 Å². The molecule has 0 aromatic rings. The number of rotatable bonds is 6. The summed E-state index contributed by atoms with van der Waals surface area (Å²) in [5, 5.41) is 0. The molecule has 1 saturated heterocycles. The molecule has 3 heteroatoms. The van der Waals surface area contributed by atoms with Gasteiger partial charge in [-0.2, -0.15) is 0 Å². The molecule has 0 saturated carbocycles. The Balaban J connectivity index is 1.96. The molecule has 14 heavy (non-hydrogen) atoms. The van der Waals surface area contributed by atoms with Gasteiger partial charge >= 0.3 is 0 Å². The summed E-state index contributed by atoms with van der Waals surface area (Å²) in [5.41, 5.74) is 0. The summed E-state index contributed by atoms with van der Waals surface area (Å²) in [7, 11) is 3.31. The fraction of sp³-hybridized carbons (Fsp3) is 1.00. The molecule has 1 atom stereocenters. The highest BCUT2D eigenvalue weighted by Crippen LogP contribution is 2.09. The van der Waals surface area contributed by atoms with Crippen LogP contribution in [0.2, 0.25) is 0 Å². The summed E-state index contributed by atoms with van der Waals surface area (Å²) in [5.74, 6) is 0. The van der Waals surface area contributed by atoms with Crippen LogP contribution < -0.4 is 0 Å². The van der Waals surface area contributed by atoms with E-state index in [1.807, 2.05) is 0 Å². The van der Waals surface area contributed by atoms with Gasteiger partial charge in [-0.05, 0) is 59.2 Å². The van der Waals surface area contributed by atoms with Crippen LogP contribution >= 0.6 is 8.58 Å². The number of hydrogen-bond acceptors (Lipinski definition) is 2. The minimum atomic E-state index is 1.07. The molecular formula is C11H25N2P. The minimum Gasteiger partial charge on any atom is -0.303 e. The molecule has 1 aliphatic rings. The van der Waals surface area contributed by atoms with Crippen molar-refractivity contribution in [1.82, 2.24) is 9.80 Å². The van der Waals surface area contributed by atoms with E-state index >= 15 is 0 Å². The summed E-state index contributed by atoms with van der Waals surface area (Å²) >= 11 is 0. The van der Waals surface area contributed by atoms with Crippen LogP contribution in [0.5, 0.6) is 0 Å². The molecule has 1 unspecified atom stereocenters. The van der Waals surface area contributed by atoms with Crippen LogP contribution in [0.4, 0.5) is 0 Å². The third-order valence-corrected chi connectivity index (χ3v) is 3.75. The Morgan fingerprint density at radius 1 is 1.21 bits per heavy atom. The van der Waals surface area contributed by atoms with Crippen molar-refractivity contribution >= 4 is 8.58 Å². The Morgan fingerprint density at radius 3 is 2.57 bits per heavy atom. The second-order valence-corrected chi connectivity index (χ2v) is 5.37. The van der Waals surface area contributed by atoms with Gasteiger partial charge in [0.2, 0.25) is 0 Å². The summed E-state index contributed by atoms with van der Waals surface area (Å²) in [6.45, 7) is 7.56. The molecule has 0 bridgehead atoms. The minimum absolute atomic E-state index is 1.07. The predicted octanol–water partition coefficient (Wildman–Crippen LogP) is 2.06. The standard InChI is InChI=1S/C11H25N2P/c1-12(11-14-2)7-6-10-13-8-4-3-5-9-13/h14H,3-11H2,1-2H3. The van der Waals surface area contributed by atoms with E-state index in [0.29, 0.717) is 0 Å². The zero-order valence-electron chi connectivity index (χ0n) is 9.76. The third kappa shape index (κ3) is 5.29. The number of nitrogens with zero attached hydrogens (tertiary/aromatic N) is 2. The van der Waals surface area contributed by atoms with Gasteiger partial charge in [0, 0.05) is 6.29 Å². The number of likely N-dealkylation sites (tertiary alicyclic amines) is 1. The quantitative estimate of drug-likeness (QED) is 0.627. The first-order valence-electron chi connectivity index (χ1n) is 5.88. The van der Waals surface area contributed by atoms with Crippen molar-refractivity contribution < 1.29 is 0 Å². The lowest BCUT2D eigenvalue weighted by Crippen LogP contribution is -2.32.